The molecule has 1 rings (SSSR count). The summed E-state index contributed by atoms with van der Waals surface area (Å²) in [6.45, 7) is 3.43. The van der Waals surface area contributed by atoms with Gasteiger partial charge >= 0.3 is 5.97 Å². The van der Waals surface area contributed by atoms with Crippen LogP contribution in [0.3, 0.4) is 0 Å². The monoisotopic (exact) mass is 292 g/mol. The average Bonchev–Trinajstić information content (AvgIpc) is 2.78. The molecule has 0 spiro atoms. The van der Waals surface area contributed by atoms with E-state index in [0.29, 0.717) is 25.8 Å². The van der Waals surface area contributed by atoms with E-state index in [4.69, 9.17) is 5.11 Å². The summed E-state index contributed by atoms with van der Waals surface area (Å²) < 4.78 is 25.2. The molecule has 19 heavy (non-hydrogen) atoms. The van der Waals surface area contributed by atoms with Crippen LogP contribution in [0.25, 0.3) is 0 Å². The number of hydrogen-bond donors (Lipinski definition) is 2. The van der Waals surface area contributed by atoms with Crippen molar-refractivity contribution in [3.05, 3.63) is 0 Å². The quantitative estimate of drug-likeness (QED) is 0.704. The molecule has 0 aromatic heterocycles. The molecule has 1 aliphatic heterocycles. The Hall–Kier alpha value is -1.15. The van der Waals surface area contributed by atoms with Gasteiger partial charge in [-0.25, -0.2) is 8.42 Å². The van der Waals surface area contributed by atoms with Gasteiger partial charge in [-0.1, -0.05) is 6.92 Å². The Morgan fingerprint density at radius 3 is 2.63 bits per heavy atom. The molecule has 110 valence electrons. The molecule has 1 aliphatic rings. The number of carboxylic acids is 1. The summed E-state index contributed by atoms with van der Waals surface area (Å²) in [7, 11) is -3.44. The van der Waals surface area contributed by atoms with Gasteiger partial charge in [0, 0.05) is 6.54 Å². The highest BCUT2D eigenvalue weighted by Gasteiger charge is 2.38. The standard InChI is InChI=1S/C11H20N2O5S/c1-3-7-19(17,18)13-6-4-5-9(13)10(14)12-8(2)11(15)16/h8-9H,3-7H2,1-2H3,(H,12,14)(H,15,16)/t8-,9?/m1/s1. The van der Waals surface area contributed by atoms with Gasteiger partial charge in [0.2, 0.25) is 15.9 Å². The maximum absolute atomic E-state index is 12.0. The number of hydrogen-bond acceptors (Lipinski definition) is 4. The van der Waals surface area contributed by atoms with Crippen LogP contribution in [0.1, 0.15) is 33.1 Å². The molecule has 2 N–H and O–H groups in total. The van der Waals surface area contributed by atoms with Crippen LogP contribution in [0, 0.1) is 0 Å². The van der Waals surface area contributed by atoms with E-state index in [0.717, 1.165) is 0 Å². The van der Waals surface area contributed by atoms with Gasteiger partial charge in [-0.2, -0.15) is 4.31 Å². The van der Waals surface area contributed by atoms with E-state index in [2.05, 4.69) is 5.32 Å². The maximum Gasteiger partial charge on any atom is 0.325 e. The lowest BCUT2D eigenvalue weighted by molar-refractivity contribution is -0.141. The first-order valence-electron chi connectivity index (χ1n) is 6.32. The lowest BCUT2D eigenvalue weighted by Crippen LogP contribution is -2.50. The number of carboxylic acid groups (broad SMARTS) is 1. The molecule has 1 saturated heterocycles. The van der Waals surface area contributed by atoms with E-state index >= 15 is 0 Å². The van der Waals surface area contributed by atoms with E-state index in [-0.39, 0.29) is 5.75 Å². The summed E-state index contributed by atoms with van der Waals surface area (Å²) in [5, 5.41) is 11.1. The van der Waals surface area contributed by atoms with E-state index in [1.165, 1.54) is 11.2 Å². The summed E-state index contributed by atoms with van der Waals surface area (Å²) in [5.41, 5.74) is 0. The normalized spacial score (nSPS) is 22.1. The first-order chi connectivity index (χ1) is 8.79. The second-order valence-corrected chi connectivity index (χ2v) is 6.69. The van der Waals surface area contributed by atoms with Gasteiger partial charge in [0.15, 0.2) is 0 Å². The summed E-state index contributed by atoms with van der Waals surface area (Å²) >= 11 is 0. The number of carbonyl (C=O) groups is 2. The van der Waals surface area contributed by atoms with Crippen molar-refractivity contribution in [2.45, 2.75) is 45.2 Å². The Kier molecular flexibility index (Phi) is 5.30. The fraction of sp³-hybridized carbons (Fsp3) is 0.818. The van der Waals surface area contributed by atoms with Crippen LogP contribution < -0.4 is 5.32 Å². The van der Waals surface area contributed by atoms with Crippen LogP contribution >= 0.6 is 0 Å². The van der Waals surface area contributed by atoms with Crippen molar-refractivity contribution in [1.82, 2.24) is 9.62 Å². The van der Waals surface area contributed by atoms with Crippen molar-refractivity contribution in [2.75, 3.05) is 12.3 Å². The predicted molar refractivity (Wildman–Crippen MR) is 69.0 cm³/mol. The van der Waals surface area contributed by atoms with Crippen LogP contribution in [-0.2, 0) is 19.6 Å². The topological polar surface area (TPSA) is 104 Å². The van der Waals surface area contributed by atoms with Gasteiger partial charge in [0.25, 0.3) is 0 Å². The number of nitrogens with zero attached hydrogens (tertiary/aromatic N) is 1. The molecule has 1 heterocycles. The predicted octanol–water partition coefficient (Wildman–Crippen LogP) is -0.220. The van der Waals surface area contributed by atoms with Crippen molar-refractivity contribution in [3.63, 3.8) is 0 Å². The highest BCUT2D eigenvalue weighted by molar-refractivity contribution is 7.89. The molecule has 2 atom stereocenters. The third-order valence-corrected chi connectivity index (χ3v) is 5.13. The highest BCUT2D eigenvalue weighted by Crippen LogP contribution is 2.22. The Bertz CT molecular complexity index is 448. The van der Waals surface area contributed by atoms with Crippen LogP contribution in [0.15, 0.2) is 0 Å². The zero-order valence-corrected chi connectivity index (χ0v) is 11.9. The summed E-state index contributed by atoms with van der Waals surface area (Å²) in [5.74, 6) is -1.67. The van der Waals surface area contributed by atoms with Crippen molar-refractivity contribution >= 4 is 21.9 Å². The molecule has 0 aromatic carbocycles. The SMILES string of the molecule is CCCS(=O)(=O)N1CCCC1C(=O)N[C@H](C)C(=O)O. The fourth-order valence-electron chi connectivity index (χ4n) is 2.08. The largest absolute Gasteiger partial charge is 0.480 e. The van der Waals surface area contributed by atoms with Gasteiger partial charge in [-0.15, -0.1) is 0 Å². The minimum atomic E-state index is -3.44. The van der Waals surface area contributed by atoms with Gasteiger partial charge in [-0.3, -0.25) is 9.59 Å². The molecular weight excluding hydrogens is 272 g/mol. The van der Waals surface area contributed by atoms with Crippen LogP contribution in [0.2, 0.25) is 0 Å². The van der Waals surface area contributed by atoms with Crippen LogP contribution in [0.5, 0.6) is 0 Å². The second-order valence-electron chi connectivity index (χ2n) is 4.65. The Morgan fingerprint density at radius 2 is 2.11 bits per heavy atom. The Labute approximate surface area is 113 Å². The molecular formula is C11H20N2O5S. The number of aliphatic carboxylic acids is 1. The highest BCUT2D eigenvalue weighted by atomic mass is 32.2. The first-order valence-corrected chi connectivity index (χ1v) is 7.93. The van der Waals surface area contributed by atoms with E-state index in [9.17, 15) is 18.0 Å². The van der Waals surface area contributed by atoms with E-state index in [1.54, 1.807) is 6.92 Å². The molecule has 0 bridgehead atoms. The first kappa shape index (κ1) is 15.9. The van der Waals surface area contributed by atoms with Crippen molar-refractivity contribution in [3.8, 4) is 0 Å². The van der Waals surface area contributed by atoms with Gasteiger partial charge in [0.1, 0.15) is 12.1 Å². The zero-order chi connectivity index (χ0) is 14.6. The van der Waals surface area contributed by atoms with Gasteiger partial charge in [-0.05, 0) is 26.2 Å². The summed E-state index contributed by atoms with van der Waals surface area (Å²) in [4.78, 5) is 22.6. The van der Waals surface area contributed by atoms with Crippen molar-refractivity contribution in [1.29, 1.82) is 0 Å². The molecule has 0 saturated carbocycles. The van der Waals surface area contributed by atoms with Crippen molar-refractivity contribution in [2.24, 2.45) is 0 Å². The number of nitrogens with one attached hydrogen (secondary N) is 1. The number of amides is 1. The zero-order valence-electron chi connectivity index (χ0n) is 11.1. The van der Waals surface area contributed by atoms with Crippen molar-refractivity contribution < 1.29 is 23.1 Å². The minimum absolute atomic E-state index is 0.00522. The van der Waals surface area contributed by atoms with E-state index in [1.807, 2.05) is 0 Å². The Morgan fingerprint density at radius 1 is 1.47 bits per heavy atom. The van der Waals surface area contributed by atoms with Gasteiger partial charge < -0.3 is 10.4 Å². The molecule has 8 heteroatoms. The third kappa shape index (κ3) is 3.90. The summed E-state index contributed by atoms with van der Waals surface area (Å²) in [6, 6.07) is -1.80. The molecule has 0 aliphatic carbocycles. The molecule has 0 radical (unpaired) electrons. The number of carbonyl (C=O) groups excluding carboxylic acids is 1. The van der Waals surface area contributed by atoms with Crippen LogP contribution in [0.4, 0.5) is 0 Å². The lowest BCUT2D eigenvalue weighted by Gasteiger charge is -2.23. The maximum atomic E-state index is 12.0. The molecule has 1 amide bonds. The number of rotatable bonds is 6. The summed E-state index contributed by atoms with van der Waals surface area (Å²) in [6.07, 6.45) is 1.53. The third-order valence-electron chi connectivity index (χ3n) is 3.05. The Balaban J connectivity index is 2.76. The molecule has 1 fully saturated rings. The molecule has 0 aromatic rings. The fourth-order valence-corrected chi connectivity index (χ4v) is 3.83. The lowest BCUT2D eigenvalue weighted by atomic mass is 10.2. The molecule has 1 unspecified atom stereocenters. The smallest absolute Gasteiger partial charge is 0.325 e. The number of sulfonamides is 1. The van der Waals surface area contributed by atoms with Gasteiger partial charge in [0.05, 0.1) is 5.75 Å². The minimum Gasteiger partial charge on any atom is -0.480 e. The average molecular weight is 292 g/mol. The second kappa shape index (κ2) is 6.33. The molecule has 7 nitrogen and oxygen atoms in total. The van der Waals surface area contributed by atoms with E-state index < -0.39 is 34.0 Å². The van der Waals surface area contributed by atoms with Crippen LogP contribution in [-0.4, -0.2) is 54.1 Å².